The number of ketones is 1. The first kappa shape index (κ1) is 19.8. The molecule has 0 N–H and O–H groups in total. The van der Waals surface area contributed by atoms with E-state index in [1.807, 2.05) is 23.9 Å². The SMILES string of the molecule is Cn1cc(C(=O)CCC2CCN(Cc3cccc(F)c3)CC2)c2cc(F)ccc21. The van der Waals surface area contributed by atoms with Crippen LogP contribution in [0.2, 0.25) is 0 Å². The lowest BCUT2D eigenvalue weighted by Gasteiger charge is -2.32. The summed E-state index contributed by atoms with van der Waals surface area (Å²) in [7, 11) is 1.88. The van der Waals surface area contributed by atoms with Gasteiger partial charge in [0.25, 0.3) is 0 Å². The molecule has 29 heavy (non-hydrogen) atoms. The van der Waals surface area contributed by atoms with Crippen molar-refractivity contribution >= 4 is 16.7 Å². The topological polar surface area (TPSA) is 25.2 Å². The number of rotatable bonds is 6. The van der Waals surface area contributed by atoms with Crippen molar-refractivity contribution in [3.05, 3.63) is 71.4 Å². The number of piperidine rings is 1. The van der Waals surface area contributed by atoms with Gasteiger partial charge in [0.05, 0.1) is 0 Å². The molecule has 1 aromatic heterocycles. The summed E-state index contributed by atoms with van der Waals surface area (Å²) >= 11 is 0. The smallest absolute Gasteiger partial charge is 0.165 e. The number of likely N-dealkylation sites (tertiary alicyclic amines) is 1. The number of carbonyl (C=O) groups excluding carboxylic acids is 1. The van der Waals surface area contributed by atoms with E-state index in [0.29, 0.717) is 23.3 Å². The molecule has 1 saturated heterocycles. The van der Waals surface area contributed by atoms with Gasteiger partial charge in [-0.05, 0) is 74.2 Å². The molecule has 5 heteroatoms. The fourth-order valence-electron chi connectivity index (χ4n) is 4.38. The normalized spacial score (nSPS) is 15.8. The Labute approximate surface area is 169 Å². The Morgan fingerprint density at radius 3 is 2.59 bits per heavy atom. The molecule has 0 spiro atoms. The summed E-state index contributed by atoms with van der Waals surface area (Å²) in [4.78, 5) is 15.1. The van der Waals surface area contributed by atoms with Crippen molar-refractivity contribution in [2.75, 3.05) is 13.1 Å². The molecule has 2 heterocycles. The second kappa shape index (κ2) is 8.46. The van der Waals surface area contributed by atoms with Gasteiger partial charge in [0.1, 0.15) is 11.6 Å². The number of Topliss-reactive ketones (excluding diaryl/α,β-unsaturated/α-hetero) is 1. The van der Waals surface area contributed by atoms with Crippen molar-refractivity contribution in [2.45, 2.75) is 32.2 Å². The fourth-order valence-corrected chi connectivity index (χ4v) is 4.38. The molecular weight excluding hydrogens is 370 g/mol. The summed E-state index contributed by atoms with van der Waals surface area (Å²) in [6.07, 6.45) is 5.26. The Kier molecular flexibility index (Phi) is 5.76. The number of carbonyl (C=O) groups is 1. The van der Waals surface area contributed by atoms with Gasteiger partial charge in [-0.15, -0.1) is 0 Å². The number of halogens is 2. The minimum Gasteiger partial charge on any atom is -0.350 e. The van der Waals surface area contributed by atoms with Crippen molar-refractivity contribution in [1.82, 2.24) is 9.47 Å². The predicted octanol–water partition coefficient (Wildman–Crippen LogP) is 5.33. The standard InChI is InChI=1S/C24H26F2N2O/c1-27-16-22(21-14-20(26)6-7-23(21)27)24(29)8-5-17-9-11-28(12-10-17)15-18-3-2-4-19(25)13-18/h2-4,6-7,13-14,16-17H,5,8-12,15H2,1H3. The van der Waals surface area contributed by atoms with Gasteiger partial charge in [0.2, 0.25) is 0 Å². The van der Waals surface area contributed by atoms with E-state index >= 15 is 0 Å². The molecule has 0 saturated carbocycles. The summed E-state index contributed by atoms with van der Waals surface area (Å²) in [5.41, 5.74) is 2.49. The van der Waals surface area contributed by atoms with Crippen LogP contribution in [0.25, 0.3) is 10.9 Å². The molecule has 0 atom stereocenters. The van der Waals surface area contributed by atoms with Crippen LogP contribution in [-0.2, 0) is 13.6 Å². The molecule has 0 radical (unpaired) electrons. The van der Waals surface area contributed by atoms with Crippen LogP contribution >= 0.6 is 0 Å². The van der Waals surface area contributed by atoms with E-state index in [4.69, 9.17) is 0 Å². The predicted molar refractivity (Wildman–Crippen MR) is 111 cm³/mol. The van der Waals surface area contributed by atoms with Gasteiger partial charge in [-0.2, -0.15) is 0 Å². The molecule has 4 rings (SSSR count). The highest BCUT2D eigenvalue weighted by molar-refractivity contribution is 6.08. The lowest BCUT2D eigenvalue weighted by Crippen LogP contribution is -2.33. The second-order valence-electron chi connectivity index (χ2n) is 8.13. The number of nitrogens with zero attached hydrogens (tertiary/aromatic N) is 2. The van der Waals surface area contributed by atoms with Gasteiger partial charge in [0.15, 0.2) is 5.78 Å². The average Bonchev–Trinajstić information content (AvgIpc) is 3.03. The molecule has 1 aliphatic rings. The zero-order valence-electron chi connectivity index (χ0n) is 16.7. The second-order valence-corrected chi connectivity index (χ2v) is 8.13. The monoisotopic (exact) mass is 396 g/mol. The average molecular weight is 396 g/mol. The molecule has 3 aromatic rings. The maximum atomic E-state index is 13.6. The number of hydrogen-bond donors (Lipinski definition) is 0. The number of benzene rings is 2. The molecule has 0 bridgehead atoms. The van der Waals surface area contributed by atoms with Gasteiger partial charge in [-0.25, -0.2) is 8.78 Å². The third-order valence-corrected chi connectivity index (χ3v) is 6.03. The Balaban J connectivity index is 1.30. The lowest BCUT2D eigenvalue weighted by atomic mass is 9.90. The molecule has 2 aromatic carbocycles. The molecular formula is C24H26F2N2O. The van der Waals surface area contributed by atoms with Crippen LogP contribution in [0.15, 0.2) is 48.7 Å². The Morgan fingerprint density at radius 1 is 1.07 bits per heavy atom. The zero-order valence-corrected chi connectivity index (χ0v) is 16.7. The van der Waals surface area contributed by atoms with Gasteiger partial charge < -0.3 is 4.57 Å². The van der Waals surface area contributed by atoms with Crippen molar-refractivity contribution in [1.29, 1.82) is 0 Å². The van der Waals surface area contributed by atoms with Crippen LogP contribution in [0.1, 0.15) is 41.6 Å². The fraction of sp³-hybridized carbons (Fsp3) is 0.375. The van der Waals surface area contributed by atoms with Gasteiger partial charge >= 0.3 is 0 Å². The first-order chi connectivity index (χ1) is 14.0. The van der Waals surface area contributed by atoms with Crippen molar-refractivity contribution in [3.63, 3.8) is 0 Å². The van der Waals surface area contributed by atoms with Gasteiger partial charge in [0, 0.05) is 42.7 Å². The minimum atomic E-state index is -0.316. The maximum Gasteiger partial charge on any atom is 0.165 e. The first-order valence-corrected chi connectivity index (χ1v) is 10.2. The van der Waals surface area contributed by atoms with E-state index in [0.717, 1.165) is 50.0 Å². The third kappa shape index (κ3) is 4.56. The van der Waals surface area contributed by atoms with Gasteiger partial charge in [-0.1, -0.05) is 12.1 Å². The minimum absolute atomic E-state index is 0.0865. The largest absolute Gasteiger partial charge is 0.350 e. The first-order valence-electron chi connectivity index (χ1n) is 10.2. The summed E-state index contributed by atoms with van der Waals surface area (Å²) in [6, 6.07) is 11.4. The number of aryl methyl sites for hydroxylation is 1. The molecule has 0 unspecified atom stereocenters. The van der Waals surface area contributed by atoms with Crippen LogP contribution in [0.5, 0.6) is 0 Å². The molecule has 0 amide bonds. The summed E-state index contributed by atoms with van der Waals surface area (Å²) < 4.78 is 28.9. The highest BCUT2D eigenvalue weighted by Crippen LogP contribution is 2.27. The van der Waals surface area contributed by atoms with E-state index in [-0.39, 0.29) is 17.4 Å². The van der Waals surface area contributed by atoms with Crippen LogP contribution in [0.3, 0.4) is 0 Å². The molecule has 3 nitrogen and oxygen atoms in total. The zero-order chi connectivity index (χ0) is 20.4. The summed E-state index contributed by atoms with van der Waals surface area (Å²) in [6.45, 7) is 2.70. The highest BCUT2D eigenvalue weighted by atomic mass is 19.1. The molecule has 0 aliphatic carbocycles. The van der Waals surface area contributed by atoms with Gasteiger partial charge in [-0.3, -0.25) is 9.69 Å². The number of hydrogen-bond acceptors (Lipinski definition) is 2. The molecule has 1 aliphatic heterocycles. The molecule has 1 fully saturated rings. The van der Waals surface area contributed by atoms with Crippen LogP contribution in [-0.4, -0.2) is 28.3 Å². The van der Waals surface area contributed by atoms with E-state index in [1.54, 1.807) is 18.2 Å². The number of aromatic nitrogens is 1. The Morgan fingerprint density at radius 2 is 1.83 bits per heavy atom. The Hall–Kier alpha value is -2.53. The van der Waals surface area contributed by atoms with Crippen molar-refractivity contribution in [3.8, 4) is 0 Å². The number of fused-ring (bicyclic) bond motifs is 1. The quantitative estimate of drug-likeness (QED) is 0.526. The Bertz CT molecular complexity index is 1020. The van der Waals surface area contributed by atoms with Crippen LogP contribution < -0.4 is 0 Å². The third-order valence-electron chi connectivity index (χ3n) is 6.03. The highest BCUT2D eigenvalue weighted by Gasteiger charge is 2.21. The van der Waals surface area contributed by atoms with Crippen molar-refractivity contribution < 1.29 is 13.6 Å². The van der Waals surface area contributed by atoms with E-state index in [1.165, 1.54) is 18.2 Å². The van der Waals surface area contributed by atoms with E-state index in [9.17, 15) is 13.6 Å². The van der Waals surface area contributed by atoms with Crippen LogP contribution in [0.4, 0.5) is 8.78 Å². The van der Waals surface area contributed by atoms with E-state index < -0.39 is 0 Å². The van der Waals surface area contributed by atoms with Crippen molar-refractivity contribution in [2.24, 2.45) is 13.0 Å². The molecule has 152 valence electrons. The summed E-state index contributed by atoms with van der Waals surface area (Å²) in [5, 5.41) is 0.697. The van der Waals surface area contributed by atoms with Crippen LogP contribution in [0, 0.1) is 17.6 Å². The summed E-state index contributed by atoms with van der Waals surface area (Å²) in [5.74, 6) is 0.102. The maximum absolute atomic E-state index is 13.6. The lowest BCUT2D eigenvalue weighted by molar-refractivity contribution is 0.0963. The van der Waals surface area contributed by atoms with E-state index in [2.05, 4.69) is 4.90 Å².